The van der Waals surface area contributed by atoms with Gasteiger partial charge in [0, 0.05) is 0 Å². The summed E-state index contributed by atoms with van der Waals surface area (Å²) in [5.41, 5.74) is 0. The summed E-state index contributed by atoms with van der Waals surface area (Å²) in [6.45, 7) is 11.1. The van der Waals surface area contributed by atoms with Gasteiger partial charge in [0.15, 0.2) is 0 Å². The molecule has 1 N–H and O–H groups in total. The van der Waals surface area contributed by atoms with Crippen LogP contribution in [-0.4, -0.2) is 42.6 Å². The minimum absolute atomic E-state index is 0.311. The van der Waals surface area contributed by atoms with Gasteiger partial charge in [-0.3, -0.25) is 9.05 Å². The van der Waals surface area contributed by atoms with Crippen molar-refractivity contribution < 1.29 is 18.5 Å². The second-order valence-electron chi connectivity index (χ2n) is 13.2. The first-order valence-corrected chi connectivity index (χ1v) is 20.9. The third-order valence-corrected chi connectivity index (χ3v) is 9.80. The Kier molecular flexibility index (Phi) is 35.0. The summed E-state index contributed by atoms with van der Waals surface area (Å²) in [5.74, 6) is 0. The molecule has 0 fully saturated rings. The van der Waals surface area contributed by atoms with Crippen molar-refractivity contribution in [1.29, 1.82) is 0 Å². The highest BCUT2D eigenvalue weighted by Crippen LogP contribution is 2.43. The van der Waals surface area contributed by atoms with Gasteiger partial charge in [-0.2, -0.15) is 0 Å². The molecular formula is C37H78NO4P. The van der Waals surface area contributed by atoms with Crippen LogP contribution in [0.15, 0.2) is 0 Å². The largest absolute Gasteiger partial charge is 0.472 e. The first-order chi connectivity index (χ1) is 21.1. The number of phosphoric ester groups is 1. The van der Waals surface area contributed by atoms with Crippen molar-refractivity contribution in [3.8, 4) is 0 Å². The summed E-state index contributed by atoms with van der Waals surface area (Å²) in [6, 6.07) is 0. The number of rotatable bonds is 37. The first-order valence-electron chi connectivity index (χ1n) is 19.4. The van der Waals surface area contributed by atoms with Gasteiger partial charge in [0.2, 0.25) is 0 Å². The van der Waals surface area contributed by atoms with Crippen LogP contribution in [-0.2, 0) is 13.6 Å². The molecule has 1 atom stereocenters. The highest BCUT2D eigenvalue weighted by Gasteiger charge is 2.20. The van der Waals surface area contributed by atoms with E-state index in [2.05, 4.69) is 25.7 Å². The van der Waals surface area contributed by atoms with Gasteiger partial charge in [0.1, 0.15) is 0 Å². The Morgan fingerprint density at radius 2 is 0.628 bits per heavy atom. The van der Waals surface area contributed by atoms with E-state index >= 15 is 0 Å². The van der Waals surface area contributed by atoms with Gasteiger partial charge in [-0.15, -0.1) is 0 Å². The lowest BCUT2D eigenvalue weighted by atomic mass is 10.1. The van der Waals surface area contributed by atoms with Crippen LogP contribution in [0.25, 0.3) is 0 Å². The van der Waals surface area contributed by atoms with Crippen LogP contribution in [0.3, 0.4) is 0 Å². The van der Waals surface area contributed by atoms with Gasteiger partial charge in [-0.25, -0.2) is 4.57 Å². The molecule has 0 spiro atoms. The number of nitrogens with zero attached hydrogens (tertiary/aromatic N) is 1. The lowest BCUT2D eigenvalue weighted by Crippen LogP contribution is -2.27. The van der Waals surface area contributed by atoms with Crippen LogP contribution >= 0.6 is 7.82 Å². The minimum atomic E-state index is -3.90. The lowest BCUT2D eigenvalue weighted by molar-refractivity contribution is 0.145. The van der Waals surface area contributed by atoms with Gasteiger partial charge in [0.25, 0.3) is 0 Å². The average molecular weight is 632 g/mol. The SMILES string of the molecule is CCCCCCCCCCCN(CCCCCCCCCCC)CCCCCCOP(=O)(O)OCCCCCCCCC. The van der Waals surface area contributed by atoms with Crippen molar-refractivity contribution in [2.24, 2.45) is 0 Å². The predicted octanol–water partition coefficient (Wildman–Crippen LogP) is 12.8. The van der Waals surface area contributed by atoms with E-state index in [0.717, 1.165) is 32.1 Å². The molecule has 0 amide bonds. The fraction of sp³-hybridized carbons (Fsp3) is 1.00. The molecule has 5 nitrogen and oxygen atoms in total. The fourth-order valence-electron chi connectivity index (χ4n) is 5.87. The van der Waals surface area contributed by atoms with Gasteiger partial charge >= 0.3 is 7.82 Å². The van der Waals surface area contributed by atoms with E-state index in [0.29, 0.717) is 13.2 Å². The van der Waals surface area contributed by atoms with Crippen molar-refractivity contribution >= 4 is 7.82 Å². The van der Waals surface area contributed by atoms with E-state index in [1.165, 1.54) is 174 Å². The maximum atomic E-state index is 12.1. The van der Waals surface area contributed by atoms with Crippen molar-refractivity contribution in [2.75, 3.05) is 32.8 Å². The molecule has 0 aliphatic heterocycles. The van der Waals surface area contributed by atoms with Crippen molar-refractivity contribution in [1.82, 2.24) is 4.90 Å². The molecule has 0 radical (unpaired) electrons. The Morgan fingerprint density at radius 3 is 0.907 bits per heavy atom. The second kappa shape index (κ2) is 34.9. The molecule has 1 unspecified atom stereocenters. The van der Waals surface area contributed by atoms with E-state index in [9.17, 15) is 9.46 Å². The topological polar surface area (TPSA) is 59.0 Å². The first kappa shape index (κ1) is 43.1. The monoisotopic (exact) mass is 632 g/mol. The van der Waals surface area contributed by atoms with E-state index in [1.807, 2.05) is 0 Å². The van der Waals surface area contributed by atoms with E-state index in [1.54, 1.807) is 0 Å². The Balaban J connectivity index is 4.01. The molecule has 260 valence electrons. The molecule has 0 bridgehead atoms. The lowest BCUT2D eigenvalue weighted by Gasteiger charge is -2.22. The van der Waals surface area contributed by atoms with Crippen LogP contribution in [0.1, 0.15) is 207 Å². The summed E-state index contributed by atoms with van der Waals surface area (Å²) in [4.78, 5) is 12.7. The van der Waals surface area contributed by atoms with Crippen molar-refractivity contribution in [3.63, 3.8) is 0 Å². The third-order valence-electron chi connectivity index (χ3n) is 8.78. The van der Waals surface area contributed by atoms with Crippen LogP contribution < -0.4 is 0 Å². The van der Waals surface area contributed by atoms with Crippen LogP contribution in [0, 0.1) is 0 Å². The molecule has 0 aliphatic carbocycles. The van der Waals surface area contributed by atoms with Gasteiger partial charge in [-0.1, -0.05) is 175 Å². The highest BCUT2D eigenvalue weighted by molar-refractivity contribution is 7.47. The fourth-order valence-corrected chi connectivity index (χ4v) is 6.67. The normalized spacial score (nSPS) is 13.2. The molecule has 0 aliphatic rings. The van der Waals surface area contributed by atoms with E-state index in [4.69, 9.17) is 9.05 Å². The highest BCUT2D eigenvalue weighted by atomic mass is 31.2. The molecule has 0 aromatic rings. The Hall–Kier alpha value is 0.0700. The molecule has 0 saturated heterocycles. The molecule has 0 saturated carbocycles. The van der Waals surface area contributed by atoms with E-state index < -0.39 is 7.82 Å². The summed E-state index contributed by atoms with van der Waals surface area (Å²) in [5, 5.41) is 0. The van der Waals surface area contributed by atoms with Crippen molar-refractivity contribution in [2.45, 2.75) is 207 Å². The molecule has 0 aromatic carbocycles. The molecule has 6 heteroatoms. The maximum absolute atomic E-state index is 12.1. The standard InChI is InChI=1S/C37H78NO4P/c1-4-7-10-13-16-18-20-23-28-33-38(34-29-24-21-19-17-14-11-8-5-2)35-30-25-27-32-37-42-43(39,40)41-36-31-26-22-15-12-9-6-3/h4-37H2,1-3H3,(H,39,40). The minimum Gasteiger partial charge on any atom is -0.303 e. The number of hydrogen-bond donors (Lipinski definition) is 1. The summed E-state index contributed by atoms with van der Waals surface area (Å²) in [7, 11) is -3.90. The summed E-state index contributed by atoms with van der Waals surface area (Å²) >= 11 is 0. The molecule has 0 heterocycles. The van der Waals surface area contributed by atoms with Crippen LogP contribution in [0.5, 0.6) is 0 Å². The third kappa shape index (κ3) is 34.8. The number of phosphoric acid groups is 1. The zero-order chi connectivity index (χ0) is 31.5. The Bertz CT molecular complexity index is 555. The summed E-state index contributed by atoms with van der Waals surface area (Å²) in [6.07, 6.45) is 37.4. The van der Waals surface area contributed by atoms with Gasteiger partial charge in [-0.05, 0) is 51.7 Å². The zero-order valence-electron chi connectivity index (χ0n) is 29.6. The molecular weight excluding hydrogens is 553 g/mol. The average Bonchev–Trinajstić information content (AvgIpc) is 2.99. The van der Waals surface area contributed by atoms with Crippen LogP contribution in [0.2, 0.25) is 0 Å². The predicted molar refractivity (Wildman–Crippen MR) is 189 cm³/mol. The molecule has 0 rings (SSSR count). The molecule has 0 aromatic heterocycles. The molecule has 43 heavy (non-hydrogen) atoms. The van der Waals surface area contributed by atoms with Crippen LogP contribution in [0.4, 0.5) is 0 Å². The van der Waals surface area contributed by atoms with E-state index in [-0.39, 0.29) is 0 Å². The Labute approximate surface area is 270 Å². The smallest absolute Gasteiger partial charge is 0.303 e. The van der Waals surface area contributed by atoms with Crippen molar-refractivity contribution in [3.05, 3.63) is 0 Å². The zero-order valence-corrected chi connectivity index (χ0v) is 30.5. The number of hydrogen-bond acceptors (Lipinski definition) is 4. The quantitative estimate of drug-likeness (QED) is 0.0546. The maximum Gasteiger partial charge on any atom is 0.472 e. The summed E-state index contributed by atoms with van der Waals surface area (Å²) < 4.78 is 22.5. The van der Waals surface area contributed by atoms with Gasteiger partial charge in [0.05, 0.1) is 13.2 Å². The number of unbranched alkanes of at least 4 members (excludes halogenated alkanes) is 25. The Morgan fingerprint density at radius 1 is 0.395 bits per heavy atom. The second-order valence-corrected chi connectivity index (χ2v) is 14.6. The van der Waals surface area contributed by atoms with Gasteiger partial charge < -0.3 is 9.79 Å².